The molecule has 0 aliphatic carbocycles. The highest BCUT2D eigenvalue weighted by atomic mass is 16.5. The van der Waals surface area contributed by atoms with Gasteiger partial charge in [0.25, 0.3) is 0 Å². The van der Waals surface area contributed by atoms with Crippen LogP contribution in [0.15, 0.2) is 36.7 Å². The van der Waals surface area contributed by atoms with Crippen molar-refractivity contribution in [2.24, 2.45) is 0 Å². The molecule has 88 valence electrons. The molecule has 2 aromatic rings. The van der Waals surface area contributed by atoms with E-state index in [2.05, 4.69) is 16.0 Å². The summed E-state index contributed by atoms with van der Waals surface area (Å²) in [5.74, 6) is 0.472. The molecule has 2 rings (SSSR count). The van der Waals surface area contributed by atoms with Gasteiger partial charge in [0, 0.05) is 18.7 Å². The molecule has 0 aliphatic rings. The van der Waals surface area contributed by atoms with Gasteiger partial charge < -0.3 is 10.5 Å². The Bertz CT molecular complexity index is 514. The van der Waals surface area contributed by atoms with Crippen molar-refractivity contribution in [1.82, 2.24) is 9.97 Å². The Morgan fingerprint density at radius 2 is 2.06 bits per heavy atom. The van der Waals surface area contributed by atoms with Gasteiger partial charge in [-0.25, -0.2) is 9.97 Å². The molecular formula is C13H15N3O. The van der Waals surface area contributed by atoms with Crippen LogP contribution in [0.4, 0.5) is 5.82 Å². The lowest BCUT2D eigenvalue weighted by molar-refractivity contribution is 0.119. The summed E-state index contributed by atoms with van der Waals surface area (Å²) < 4.78 is 5.29. The molecule has 1 aromatic heterocycles. The molecule has 0 aliphatic heterocycles. The number of ether oxygens (including phenoxy) is 1. The lowest BCUT2D eigenvalue weighted by Crippen LogP contribution is -1.97. The third-order valence-electron chi connectivity index (χ3n) is 2.69. The number of nitrogen functional groups attached to an aromatic ring is 1. The van der Waals surface area contributed by atoms with Crippen molar-refractivity contribution in [1.29, 1.82) is 0 Å². The minimum Gasteiger partial charge on any atom is -0.384 e. The number of methoxy groups -OCH3 is 1. The predicted molar refractivity (Wildman–Crippen MR) is 67.3 cm³/mol. The average molecular weight is 229 g/mol. The van der Waals surface area contributed by atoms with Crippen LogP contribution in [0, 0.1) is 0 Å². The first-order chi connectivity index (χ1) is 8.20. The lowest BCUT2D eigenvalue weighted by atomic mass is 10.0. The first kappa shape index (κ1) is 11.5. The van der Waals surface area contributed by atoms with E-state index in [-0.39, 0.29) is 6.10 Å². The Balaban J connectivity index is 2.39. The number of benzene rings is 1. The maximum atomic E-state index is 5.64. The largest absolute Gasteiger partial charge is 0.384 e. The van der Waals surface area contributed by atoms with Crippen molar-refractivity contribution in [2.45, 2.75) is 13.0 Å². The van der Waals surface area contributed by atoms with Crippen molar-refractivity contribution in [2.75, 3.05) is 12.8 Å². The van der Waals surface area contributed by atoms with Crippen LogP contribution in [0.1, 0.15) is 18.6 Å². The topological polar surface area (TPSA) is 61.0 Å². The van der Waals surface area contributed by atoms with E-state index in [0.717, 1.165) is 16.8 Å². The molecule has 0 saturated carbocycles. The summed E-state index contributed by atoms with van der Waals surface area (Å²) in [6.07, 6.45) is 1.53. The molecule has 4 heteroatoms. The molecule has 1 aromatic carbocycles. The quantitative estimate of drug-likeness (QED) is 0.878. The van der Waals surface area contributed by atoms with E-state index in [4.69, 9.17) is 10.5 Å². The molecule has 0 amide bonds. The number of nitrogens with two attached hydrogens (primary N) is 1. The van der Waals surface area contributed by atoms with E-state index >= 15 is 0 Å². The predicted octanol–water partition coefficient (Wildman–Crippen LogP) is 2.43. The number of anilines is 1. The Morgan fingerprint density at radius 1 is 1.24 bits per heavy atom. The van der Waals surface area contributed by atoms with E-state index in [1.54, 1.807) is 13.2 Å². The molecule has 0 bridgehead atoms. The third-order valence-corrected chi connectivity index (χ3v) is 2.69. The smallest absolute Gasteiger partial charge is 0.127 e. The standard InChI is InChI=1S/C13H15N3O/c1-9(17-2)10-4-3-5-11(6-10)12-7-13(14)16-8-15-12/h3-9H,1-2H3,(H2,14,15,16)/t9-/m0/s1. The second-order valence-electron chi connectivity index (χ2n) is 3.83. The monoisotopic (exact) mass is 229 g/mol. The molecule has 4 nitrogen and oxygen atoms in total. The first-order valence-electron chi connectivity index (χ1n) is 5.41. The van der Waals surface area contributed by atoms with E-state index < -0.39 is 0 Å². The maximum Gasteiger partial charge on any atom is 0.127 e. The van der Waals surface area contributed by atoms with Crippen molar-refractivity contribution in [3.8, 4) is 11.3 Å². The van der Waals surface area contributed by atoms with Crippen LogP contribution in [-0.2, 0) is 4.74 Å². The van der Waals surface area contributed by atoms with E-state index in [0.29, 0.717) is 5.82 Å². The van der Waals surface area contributed by atoms with Gasteiger partial charge in [0.05, 0.1) is 11.8 Å². The highest BCUT2D eigenvalue weighted by Crippen LogP contribution is 2.23. The van der Waals surface area contributed by atoms with Crippen LogP contribution >= 0.6 is 0 Å². The molecule has 1 atom stereocenters. The fourth-order valence-electron chi connectivity index (χ4n) is 1.62. The molecule has 0 unspecified atom stereocenters. The van der Waals surface area contributed by atoms with Crippen molar-refractivity contribution >= 4 is 5.82 Å². The number of hydrogen-bond donors (Lipinski definition) is 1. The maximum absolute atomic E-state index is 5.64. The Kier molecular flexibility index (Phi) is 3.35. The Morgan fingerprint density at radius 3 is 2.76 bits per heavy atom. The molecule has 1 heterocycles. The summed E-state index contributed by atoms with van der Waals surface area (Å²) in [5, 5.41) is 0. The second-order valence-corrected chi connectivity index (χ2v) is 3.83. The zero-order valence-electron chi connectivity index (χ0n) is 9.92. The number of hydrogen-bond acceptors (Lipinski definition) is 4. The van der Waals surface area contributed by atoms with Gasteiger partial charge in [-0.2, -0.15) is 0 Å². The zero-order chi connectivity index (χ0) is 12.3. The van der Waals surface area contributed by atoms with Gasteiger partial charge >= 0.3 is 0 Å². The molecule has 0 fully saturated rings. The molecule has 17 heavy (non-hydrogen) atoms. The van der Waals surface area contributed by atoms with Crippen molar-refractivity contribution in [3.05, 3.63) is 42.2 Å². The summed E-state index contributed by atoms with van der Waals surface area (Å²) in [7, 11) is 1.69. The van der Waals surface area contributed by atoms with E-state index in [9.17, 15) is 0 Å². The van der Waals surface area contributed by atoms with Crippen LogP contribution < -0.4 is 5.73 Å². The highest BCUT2D eigenvalue weighted by molar-refractivity contribution is 5.62. The van der Waals surface area contributed by atoms with Crippen LogP contribution in [0.2, 0.25) is 0 Å². The second kappa shape index (κ2) is 4.93. The van der Waals surface area contributed by atoms with E-state index in [1.165, 1.54) is 6.33 Å². The van der Waals surface area contributed by atoms with Crippen LogP contribution in [0.3, 0.4) is 0 Å². The Hall–Kier alpha value is -1.94. The number of nitrogens with zero attached hydrogens (tertiary/aromatic N) is 2. The van der Waals surface area contributed by atoms with Gasteiger partial charge in [0.15, 0.2) is 0 Å². The van der Waals surface area contributed by atoms with Gasteiger partial charge in [-0.3, -0.25) is 0 Å². The fourth-order valence-corrected chi connectivity index (χ4v) is 1.62. The lowest BCUT2D eigenvalue weighted by Gasteiger charge is -2.11. The summed E-state index contributed by atoms with van der Waals surface area (Å²) in [6.45, 7) is 2.01. The number of rotatable bonds is 3. The molecular weight excluding hydrogens is 214 g/mol. The average Bonchev–Trinajstić information content (AvgIpc) is 2.38. The molecule has 0 saturated heterocycles. The first-order valence-corrected chi connectivity index (χ1v) is 5.41. The minimum atomic E-state index is 0.0640. The summed E-state index contributed by atoms with van der Waals surface area (Å²) >= 11 is 0. The highest BCUT2D eigenvalue weighted by Gasteiger charge is 2.06. The van der Waals surface area contributed by atoms with Gasteiger partial charge in [-0.1, -0.05) is 18.2 Å². The van der Waals surface area contributed by atoms with Crippen LogP contribution in [0.25, 0.3) is 11.3 Å². The van der Waals surface area contributed by atoms with Gasteiger partial charge in [-0.05, 0) is 18.6 Å². The van der Waals surface area contributed by atoms with Crippen molar-refractivity contribution < 1.29 is 4.74 Å². The van der Waals surface area contributed by atoms with Gasteiger partial charge in [0.1, 0.15) is 12.1 Å². The minimum absolute atomic E-state index is 0.0640. The number of aromatic nitrogens is 2. The van der Waals surface area contributed by atoms with Gasteiger partial charge in [0.2, 0.25) is 0 Å². The van der Waals surface area contributed by atoms with Crippen LogP contribution in [-0.4, -0.2) is 17.1 Å². The van der Waals surface area contributed by atoms with Crippen LogP contribution in [0.5, 0.6) is 0 Å². The van der Waals surface area contributed by atoms with Gasteiger partial charge in [-0.15, -0.1) is 0 Å². The summed E-state index contributed by atoms with van der Waals surface area (Å²) in [5.41, 5.74) is 8.59. The van der Waals surface area contributed by atoms with Crippen molar-refractivity contribution in [3.63, 3.8) is 0 Å². The fraction of sp³-hybridized carbons (Fsp3) is 0.231. The molecule has 0 spiro atoms. The normalized spacial score (nSPS) is 12.4. The van der Waals surface area contributed by atoms with E-state index in [1.807, 2.05) is 25.1 Å². The SMILES string of the molecule is CO[C@@H](C)c1cccc(-c2cc(N)ncn2)c1. The zero-order valence-corrected chi connectivity index (χ0v) is 9.92. The molecule has 2 N–H and O–H groups in total. The summed E-state index contributed by atoms with van der Waals surface area (Å²) in [4.78, 5) is 8.09. The summed E-state index contributed by atoms with van der Waals surface area (Å²) in [6, 6.07) is 9.82. The molecule has 0 radical (unpaired) electrons. The third kappa shape index (κ3) is 2.60. The Labute approximate surface area is 100 Å².